The van der Waals surface area contributed by atoms with Gasteiger partial charge in [0.2, 0.25) is 5.91 Å². The summed E-state index contributed by atoms with van der Waals surface area (Å²) in [5.41, 5.74) is -0.472. The number of carbonyl (C=O) groups is 3. The van der Waals surface area contributed by atoms with Gasteiger partial charge in [0.25, 0.3) is 11.8 Å². The van der Waals surface area contributed by atoms with Crippen LogP contribution in [0.2, 0.25) is 0 Å². The summed E-state index contributed by atoms with van der Waals surface area (Å²) in [5, 5.41) is 2.89. The van der Waals surface area contributed by atoms with Gasteiger partial charge in [-0.1, -0.05) is 0 Å². The molecule has 1 N–H and O–H groups in total. The van der Waals surface area contributed by atoms with Gasteiger partial charge in [0.05, 0.1) is 12.7 Å². The van der Waals surface area contributed by atoms with Crippen LogP contribution in [0.15, 0.2) is 48.5 Å². The zero-order valence-corrected chi connectivity index (χ0v) is 20.3. The van der Waals surface area contributed by atoms with Gasteiger partial charge in [-0.25, -0.2) is 8.78 Å². The van der Waals surface area contributed by atoms with Gasteiger partial charge in [-0.05, 0) is 61.4 Å². The molecule has 2 aromatic rings. The van der Waals surface area contributed by atoms with Crippen LogP contribution in [0.1, 0.15) is 46.4 Å². The van der Waals surface area contributed by atoms with E-state index in [2.05, 4.69) is 5.32 Å². The van der Waals surface area contributed by atoms with Gasteiger partial charge in [0.15, 0.2) is 0 Å². The molecule has 0 radical (unpaired) electrons. The predicted molar refractivity (Wildman–Crippen MR) is 129 cm³/mol. The Labute approximate surface area is 213 Å². The number of carbonyl (C=O) groups excluding carboxylic acids is 3. The molecule has 3 saturated heterocycles. The maximum absolute atomic E-state index is 13.7. The van der Waals surface area contributed by atoms with E-state index in [0.29, 0.717) is 31.6 Å². The molecular formula is C27H29F2N3O5. The second-order valence-electron chi connectivity index (χ2n) is 9.63. The van der Waals surface area contributed by atoms with Crippen molar-refractivity contribution in [2.45, 2.75) is 43.6 Å². The number of amides is 3. The number of likely N-dealkylation sites (tertiary alicyclic amines) is 1. The van der Waals surface area contributed by atoms with Crippen molar-refractivity contribution in [2.75, 3.05) is 32.8 Å². The fourth-order valence-corrected chi connectivity index (χ4v) is 5.27. The van der Waals surface area contributed by atoms with E-state index in [1.165, 1.54) is 53.4 Å². The molecule has 3 amide bonds. The summed E-state index contributed by atoms with van der Waals surface area (Å²) < 4.78 is 38.6. The van der Waals surface area contributed by atoms with Crippen molar-refractivity contribution in [3.63, 3.8) is 0 Å². The van der Waals surface area contributed by atoms with Gasteiger partial charge in [-0.3, -0.25) is 19.3 Å². The van der Waals surface area contributed by atoms with Crippen molar-refractivity contribution >= 4 is 17.7 Å². The second-order valence-corrected chi connectivity index (χ2v) is 9.63. The average Bonchev–Trinajstić information content (AvgIpc) is 3.56. The molecule has 10 heteroatoms. The van der Waals surface area contributed by atoms with Gasteiger partial charge in [-0.15, -0.1) is 0 Å². The van der Waals surface area contributed by atoms with E-state index in [4.69, 9.17) is 9.47 Å². The normalized spacial score (nSPS) is 22.9. The number of hydrogen-bond donors (Lipinski definition) is 1. The first kappa shape index (κ1) is 25.3. The summed E-state index contributed by atoms with van der Waals surface area (Å²) in [7, 11) is 0. The highest BCUT2D eigenvalue weighted by atomic mass is 19.1. The van der Waals surface area contributed by atoms with Gasteiger partial charge < -0.3 is 19.7 Å². The van der Waals surface area contributed by atoms with Crippen molar-refractivity contribution in [1.82, 2.24) is 15.1 Å². The van der Waals surface area contributed by atoms with Crippen molar-refractivity contribution in [1.29, 1.82) is 0 Å². The van der Waals surface area contributed by atoms with E-state index in [9.17, 15) is 23.2 Å². The molecule has 5 rings (SSSR count). The van der Waals surface area contributed by atoms with Crippen molar-refractivity contribution in [3.05, 3.63) is 71.3 Å². The Bertz CT molecular complexity index is 1140. The summed E-state index contributed by atoms with van der Waals surface area (Å²) in [4.78, 5) is 42.9. The van der Waals surface area contributed by atoms with E-state index < -0.39 is 29.3 Å². The molecule has 0 saturated carbocycles. The number of nitrogens with zero attached hydrogens (tertiary/aromatic N) is 2. The molecule has 3 aliphatic heterocycles. The Kier molecular flexibility index (Phi) is 7.21. The summed E-state index contributed by atoms with van der Waals surface area (Å²) in [6.45, 7) is 1.59. The van der Waals surface area contributed by atoms with Crippen LogP contribution in [0.3, 0.4) is 0 Å². The van der Waals surface area contributed by atoms with Crippen molar-refractivity contribution < 1.29 is 32.6 Å². The van der Waals surface area contributed by atoms with Crippen molar-refractivity contribution in [3.8, 4) is 0 Å². The minimum Gasteiger partial charge on any atom is -0.376 e. The lowest BCUT2D eigenvalue weighted by molar-refractivity contribution is -0.128. The lowest BCUT2D eigenvalue weighted by Crippen LogP contribution is -2.60. The van der Waals surface area contributed by atoms with E-state index in [1.807, 2.05) is 0 Å². The first-order chi connectivity index (χ1) is 17.9. The van der Waals surface area contributed by atoms with Crippen molar-refractivity contribution in [2.24, 2.45) is 0 Å². The van der Waals surface area contributed by atoms with E-state index in [0.717, 1.165) is 12.8 Å². The topological polar surface area (TPSA) is 88.2 Å². The molecule has 3 heterocycles. The highest BCUT2D eigenvalue weighted by Crippen LogP contribution is 2.39. The standard InChI is InChI=1S/C27H29F2N3O5/c28-20-7-3-18(4-8-20)25(34)31-13-11-27(12-14-31)32(26(35)19-5-9-21(29)10-6-19)23(17-37-27)24(33)30-16-22-2-1-15-36-22/h3-10,22-23H,1-2,11-17H2,(H,30,33). The van der Waals surface area contributed by atoms with Crippen LogP contribution in [-0.4, -0.2) is 78.2 Å². The highest BCUT2D eigenvalue weighted by Gasteiger charge is 2.54. The zero-order valence-electron chi connectivity index (χ0n) is 20.3. The molecule has 0 aliphatic carbocycles. The second kappa shape index (κ2) is 10.5. The van der Waals surface area contributed by atoms with Crippen LogP contribution < -0.4 is 5.32 Å². The summed E-state index contributed by atoms with van der Waals surface area (Å²) in [6, 6.07) is 9.65. The number of benzene rings is 2. The highest BCUT2D eigenvalue weighted by molar-refractivity contribution is 5.98. The van der Waals surface area contributed by atoms with E-state index >= 15 is 0 Å². The Balaban J connectivity index is 1.34. The molecule has 2 atom stereocenters. The Morgan fingerprint density at radius 2 is 1.51 bits per heavy atom. The Hall–Kier alpha value is -3.37. The van der Waals surface area contributed by atoms with Crippen LogP contribution >= 0.6 is 0 Å². The molecule has 196 valence electrons. The van der Waals surface area contributed by atoms with Gasteiger partial charge >= 0.3 is 0 Å². The summed E-state index contributed by atoms with van der Waals surface area (Å²) in [6.07, 6.45) is 2.34. The minimum absolute atomic E-state index is 0.0101. The number of hydrogen-bond acceptors (Lipinski definition) is 5. The SMILES string of the molecule is O=C(NCC1CCCO1)C1COC2(CCN(C(=O)c3ccc(F)cc3)CC2)N1C(=O)c1ccc(F)cc1. The quantitative estimate of drug-likeness (QED) is 0.665. The van der Waals surface area contributed by atoms with Crippen LogP contribution in [0, 0.1) is 11.6 Å². The number of piperidine rings is 1. The van der Waals surface area contributed by atoms with E-state index in [1.54, 1.807) is 4.90 Å². The zero-order chi connectivity index (χ0) is 26.0. The average molecular weight is 514 g/mol. The smallest absolute Gasteiger partial charge is 0.256 e. The molecule has 1 spiro atoms. The van der Waals surface area contributed by atoms with E-state index in [-0.39, 0.29) is 43.2 Å². The molecule has 3 fully saturated rings. The predicted octanol–water partition coefficient (Wildman–Crippen LogP) is 2.73. The Morgan fingerprint density at radius 1 is 0.919 bits per heavy atom. The summed E-state index contributed by atoms with van der Waals surface area (Å²) >= 11 is 0. The molecule has 8 nitrogen and oxygen atoms in total. The molecule has 37 heavy (non-hydrogen) atoms. The third kappa shape index (κ3) is 5.21. The monoisotopic (exact) mass is 513 g/mol. The number of ether oxygens (including phenoxy) is 2. The maximum Gasteiger partial charge on any atom is 0.256 e. The fraction of sp³-hybridized carbons (Fsp3) is 0.444. The lowest BCUT2D eigenvalue weighted by atomic mass is 9.96. The van der Waals surface area contributed by atoms with Crippen LogP contribution in [0.25, 0.3) is 0 Å². The summed E-state index contributed by atoms with van der Waals surface area (Å²) in [5.74, 6) is -1.91. The third-order valence-corrected chi connectivity index (χ3v) is 7.32. The molecule has 2 aromatic carbocycles. The first-order valence-electron chi connectivity index (χ1n) is 12.5. The number of nitrogens with one attached hydrogen (secondary N) is 1. The molecule has 0 bridgehead atoms. The molecule has 3 aliphatic rings. The lowest BCUT2D eigenvalue weighted by Gasteiger charge is -2.44. The maximum atomic E-state index is 13.7. The van der Waals surface area contributed by atoms with Crippen LogP contribution in [0.5, 0.6) is 0 Å². The largest absolute Gasteiger partial charge is 0.376 e. The van der Waals surface area contributed by atoms with Gasteiger partial charge in [-0.2, -0.15) is 0 Å². The Morgan fingerprint density at radius 3 is 2.08 bits per heavy atom. The van der Waals surface area contributed by atoms with Crippen LogP contribution in [-0.2, 0) is 14.3 Å². The van der Waals surface area contributed by atoms with Gasteiger partial charge in [0.1, 0.15) is 23.4 Å². The third-order valence-electron chi connectivity index (χ3n) is 7.32. The number of rotatable bonds is 5. The number of halogens is 2. The fourth-order valence-electron chi connectivity index (χ4n) is 5.27. The molecular weight excluding hydrogens is 484 g/mol. The van der Waals surface area contributed by atoms with Crippen LogP contribution in [0.4, 0.5) is 8.78 Å². The molecule has 0 aromatic heterocycles. The first-order valence-corrected chi connectivity index (χ1v) is 12.5. The minimum atomic E-state index is -1.09. The van der Waals surface area contributed by atoms with Gasteiger partial charge in [0, 0.05) is 50.2 Å². The molecule has 2 unspecified atom stereocenters.